The third-order valence-corrected chi connectivity index (χ3v) is 2.98. The number of rotatable bonds is 6. The lowest BCUT2D eigenvalue weighted by molar-refractivity contribution is 0.0952. The molecule has 1 amide bonds. The molecule has 1 aromatic carbocycles. The van der Waals surface area contributed by atoms with Crippen molar-refractivity contribution in [2.75, 3.05) is 11.0 Å². The number of hydrogen-bond acceptors (Lipinski definition) is 1. The predicted octanol–water partition coefficient (Wildman–Crippen LogP) is 3.30. The van der Waals surface area contributed by atoms with Crippen molar-refractivity contribution in [1.29, 1.82) is 0 Å². The SMILES string of the molecule is O=C(NCCCCCI)c1cc(F)cc(F)c1. The van der Waals surface area contributed by atoms with E-state index in [1.54, 1.807) is 0 Å². The Labute approximate surface area is 113 Å². The average Bonchev–Trinajstić information content (AvgIpc) is 2.27. The van der Waals surface area contributed by atoms with Crippen LogP contribution in [-0.4, -0.2) is 16.9 Å². The van der Waals surface area contributed by atoms with E-state index in [0.717, 1.165) is 41.9 Å². The van der Waals surface area contributed by atoms with E-state index in [9.17, 15) is 13.6 Å². The van der Waals surface area contributed by atoms with Gasteiger partial charge in [-0.3, -0.25) is 4.79 Å². The van der Waals surface area contributed by atoms with Crippen molar-refractivity contribution in [3.05, 3.63) is 35.4 Å². The standard InChI is InChI=1S/C12H14F2INO/c13-10-6-9(7-11(14)8-10)12(17)16-5-3-1-2-4-15/h6-8H,1-5H2,(H,16,17). The summed E-state index contributed by atoms with van der Waals surface area (Å²) in [6.07, 6.45) is 3.04. The second kappa shape index (κ2) is 7.58. The molecule has 0 aliphatic heterocycles. The summed E-state index contributed by atoms with van der Waals surface area (Å²) in [5.41, 5.74) is 0.0244. The van der Waals surface area contributed by atoms with Gasteiger partial charge in [0.15, 0.2) is 0 Å². The van der Waals surface area contributed by atoms with Crippen LogP contribution in [0.15, 0.2) is 18.2 Å². The van der Waals surface area contributed by atoms with Crippen molar-refractivity contribution in [2.24, 2.45) is 0 Å². The van der Waals surface area contributed by atoms with E-state index in [-0.39, 0.29) is 5.56 Å². The molecule has 0 bridgehead atoms. The maximum Gasteiger partial charge on any atom is 0.251 e. The van der Waals surface area contributed by atoms with Gasteiger partial charge >= 0.3 is 0 Å². The Morgan fingerprint density at radius 1 is 1.12 bits per heavy atom. The van der Waals surface area contributed by atoms with Gasteiger partial charge in [0.05, 0.1) is 0 Å². The molecule has 0 saturated carbocycles. The topological polar surface area (TPSA) is 29.1 Å². The summed E-state index contributed by atoms with van der Waals surface area (Å²) < 4.78 is 26.8. The van der Waals surface area contributed by atoms with Crippen LogP contribution in [0.5, 0.6) is 0 Å². The van der Waals surface area contributed by atoms with Gasteiger partial charge in [-0.25, -0.2) is 8.78 Å². The van der Waals surface area contributed by atoms with Gasteiger partial charge < -0.3 is 5.32 Å². The Bertz CT molecular complexity index is 365. The van der Waals surface area contributed by atoms with Crippen molar-refractivity contribution >= 4 is 28.5 Å². The molecule has 1 rings (SSSR count). The van der Waals surface area contributed by atoms with Gasteiger partial charge in [0.1, 0.15) is 11.6 Å². The largest absolute Gasteiger partial charge is 0.352 e. The second-order valence-electron chi connectivity index (χ2n) is 3.66. The smallest absolute Gasteiger partial charge is 0.251 e. The van der Waals surface area contributed by atoms with E-state index >= 15 is 0 Å². The zero-order valence-corrected chi connectivity index (χ0v) is 11.5. The molecule has 1 aromatic rings. The molecule has 94 valence electrons. The molecule has 0 spiro atoms. The first-order valence-corrected chi connectivity index (χ1v) is 6.96. The molecule has 0 aliphatic rings. The van der Waals surface area contributed by atoms with Crippen LogP contribution in [0.2, 0.25) is 0 Å². The monoisotopic (exact) mass is 353 g/mol. The predicted molar refractivity (Wildman–Crippen MR) is 71.4 cm³/mol. The lowest BCUT2D eigenvalue weighted by atomic mass is 10.2. The van der Waals surface area contributed by atoms with Crippen LogP contribution in [0.3, 0.4) is 0 Å². The van der Waals surface area contributed by atoms with E-state index in [1.165, 1.54) is 0 Å². The fourth-order valence-corrected chi connectivity index (χ4v) is 1.92. The molecule has 0 atom stereocenters. The summed E-state index contributed by atoms with van der Waals surface area (Å²) in [6, 6.07) is 2.81. The van der Waals surface area contributed by atoms with Crippen LogP contribution in [0.25, 0.3) is 0 Å². The van der Waals surface area contributed by atoms with Gasteiger partial charge in [-0.1, -0.05) is 29.0 Å². The zero-order valence-electron chi connectivity index (χ0n) is 9.31. The van der Waals surface area contributed by atoms with Crippen LogP contribution in [0, 0.1) is 11.6 Å². The molecule has 0 fully saturated rings. The number of carbonyl (C=O) groups is 1. The highest BCUT2D eigenvalue weighted by molar-refractivity contribution is 14.1. The van der Waals surface area contributed by atoms with E-state index in [2.05, 4.69) is 27.9 Å². The highest BCUT2D eigenvalue weighted by atomic mass is 127. The number of halogens is 3. The first-order valence-electron chi connectivity index (χ1n) is 5.43. The highest BCUT2D eigenvalue weighted by Gasteiger charge is 2.08. The first kappa shape index (κ1) is 14.3. The van der Waals surface area contributed by atoms with Gasteiger partial charge in [0.25, 0.3) is 5.91 Å². The Kier molecular flexibility index (Phi) is 6.39. The van der Waals surface area contributed by atoms with E-state index in [1.807, 2.05) is 0 Å². The summed E-state index contributed by atoms with van der Waals surface area (Å²) >= 11 is 2.30. The van der Waals surface area contributed by atoms with Gasteiger partial charge in [0.2, 0.25) is 0 Å². The van der Waals surface area contributed by atoms with Crippen LogP contribution in [0.4, 0.5) is 8.78 Å². The van der Waals surface area contributed by atoms with E-state index in [4.69, 9.17) is 0 Å². The molecule has 0 aromatic heterocycles. The van der Waals surface area contributed by atoms with Gasteiger partial charge in [-0.05, 0) is 29.4 Å². The molecular formula is C12H14F2INO. The summed E-state index contributed by atoms with van der Waals surface area (Å²) in [4.78, 5) is 11.5. The molecule has 5 heteroatoms. The molecule has 0 unspecified atom stereocenters. The maximum atomic E-state index is 12.9. The Balaban J connectivity index is 2.41. The molecule has 2 nitrogen and oxygen atoms in total. The highest BCUT2D eigenvalue weighted by Crippen LogP contribution is 2.07. The van der Waals surface area contributed by atoms with Gasteiger partial charge in [0, 0.05) is 18.2 Å². The fraction of sp³-hybridized carbons (Fsp3) is 0.417. The number of carbonyl (C=O) groups excluding carboxylic acids is 1. The minimum atomic E-state index is -0.736. The molecule has 0 aliphatic carbocycles. The van der Waals surface area contributed by atoms with Crippen LogP contribution >= 0.6 is 22.6 Å². The Morgan fingerprint density at radius 2 is 1.76 bits per heavy atom. The first-order chi connectivity index (χ1) is 8.13. The number of amides is 1. The summed E-state index contributed by atoms with van der Waals surface area (Å²) in [5.74, 6) is -1.90. The van der Waals surface area contributed by atoms with E-state index in [0.29, 0.717) is 6.54 Å². The number of nitrogens with one attached hydrogen (secondary N) is 1. The molecule has 17 heavy (non-hydrogen) atoms. The second-order valence-corrected chi connectivity index (χ2v) is 4.74. The minimum Gasteiger partial charge on any atom is -0.352 e. The Hall–Kier alpha value is -0.720. The normalized spacial score (nSPS) is 10.3. The van der Waals surface area contributed by atoms with Gasteiger partial charge in [-0.2, -0.15) is 0 Å². The zero-order chi connectivity index (χ0) is 12.7. The third kappa shape index (κ3) is 5.43. The van der Waals surface area contributed by atoms with Gasteiger partial charge in [-0.15, -0.1) is 0 Å². The lowest BCUT2D eigenvalue weighted by Gasteiger charge is -2.05. The van der Waals surface area contributed by atoms with Crippen molar-refractivity contribution in [3.63, 3.8) is 0 Å². The van der Waals surface area contributed by atoms with E-state index < -0.39 is 17.5 Å². The third-order valence-electron chi connectivity index (χ3n) is 2.22. The molecule has 0 heterocycles. The fourth-order valence-electron chi connectivity index (χ4n) is 1.39. The number of hydrogen-bond donors (Lipinski definition) is 1. The number of unbranched alkanes of at least 4 members (excludes halogenated alkanes) is 2. The molecule has 0 radical (unpaired) electrons. The Morgan fingerprint density at radius 3 is 2.35 bits per heavy atom. The summed E-state index contributed by atoms with van der Waals surface area (Å²) in [7, 11) is 0. The van der Waals surface area contributed by atoms with Crippen molar-refractivity contribution < 1.29 is 13.6 Å². The molecular weight excluding hydrogens is 339 g/mol. The quantitative estimate of drug-likeness (QED) is 0.475. The maximum absolute atomic E-state index is 12.9. The number of benzene rings is 1. The van der Waals surface area contributed by atoms with Crippen LogP contribution < -0.4 is 5.32 Å². The number of alkyl halides is 1. The van der Waals surface area contributed by atoms with Crippen molar-refractivity contribution in [1.82, 2.24) is 5.32 Å². The van der Waals surface area contributed by atoms with Crippen LogP contribution in [-0.2, 0) is 0 Å². The van der Waals surface area contributed by atoms with Crippen molar-refractivity contribution in [2.45, 2.75) is 19.3 Å². The summed E-state index contributed by atoms with van der Waals surface area (Å²) in [6.45, 7) is 0.535. The molecule has 0 saturated heterocycles. The molecule has 1 N–H and O–H groups in total. The average molecular weight is 353 g/mol. The lowest BCUT2D eigenvalue weighted by Crippen LogP contribution is -2.24. The van der Waals surface area contributed by atoms with Crippen LogP contribution in [0.1, 0.15) is 29.6 Å². The minimum absolute atomic E-state index is 0.0244. The van der Waals surface area contributed by atoms with Crippen molar-refractivity contribution in [3.8, 4) is 0 Å². The summed E-state index contributed by atoms with van der Waals surface area (Å²) in [5, 5.41) is 2.64.